The van der Waals surface area contributed by atoms with Crippen LogP contribution in [0.15, 0.2) is 36.5 Å². The first-order valence-electron chi connectivity index (χ1n) is 9.84. The lowest BCUT2D eigenvalue weighted by molar-refractivity contribution is 0.0366. The van der Waals surface area contributed by atoms with Crippen LogP contribution in [-0.4, -0.2) is 29.2 Å². The van der Waals surface area contributed by atoms with Crippen LogP contribution in [0.2, 0.25) is 10.0 Å². The van der Waals surface area contributed by atoms with E-state index in [9.17, 15) is 4.79 Å². The predicted octanol–water partition coefficient (Wildman–Crippen LogP) is 6.11. The predicted molar refractivity (Wildman–Crippen MR) is 126 cm³/mol. The normalized spacial score (nSPS) is 11.4. The van der Waals surface area contributed by atoms with Gasteiger partial charge in [-0.05, 0) is 38.1 Å². The van der Waals surface area contributed by atoms with Crippen molar-refractivity contribution in [3.63, 3.8) is 0 Å². The lowest BCUT2D eigenvalue weighted by Gasteiger charge is -2.12. The number of hydrogen-bond donors (Lipinski definition) is 2. The largest absolute Gasteiger partial charge is 0.458 e. The number of carbonyl (C=O) groups is 1. The summed E-state index contributed by atoms with van der Waals surface area (Å²) in [4.78, 5) is 20.3. The Morgan fingerprint density at radius 3 is 2.69 bits per heavy atom. The molecule has 0 fully saturated rings. The third-order valence-corrected chi connectivity index (χ3v) is 5.35. The van der Waals surface area contributed by atoms with Crippen LogP contribution >= 0.6 is 23.2 Å². The molecule has 0 spiro atoms. The summed E-state index contributed by atoms with van der Waals surface area (Å²) in [5, 5.41) is 2.35. The van der Waals surface area contributed by atoms with Gasteiger partial charge in [0.25, 0.3) is 0 Å². The quantitative estimate of drug-likeness (QED) is 0.258. The molecule has 2 heterocycles. The fourth-order valence-corrected chi connectivity index (χ4v) is 3.98. The van der Waals surface area contributed by atoms with E-state index in [0.29, 0.717) is 27.1 Å². The maximum Gasteiger partial charge on any atom is 0.357 e. The molecule has 4 rings (SSSR count). The molecule has 0 unspecified atom stereocenters. The van der Waals surface area contributed by atoms with Crippen LogP contribution in [0, 0.1) is 0 Å². The number of halogens is 2. The Morgan fingerprint density at radius 2 is 1.97 bits per heavy atom. The topological polar surface area (TPSA) is 99.5 Å². The number of nitrogens with two attached hydrogens (primary N) is 1. The number of methoxy groups -OCH3 is 1. The van der Waals surface area contributed by atoms with E-state index in [2.05, 4.69) is 9.97 Å². The zero-order valence-electron chi connectivity index (χ0n) is 17.7. The fourth-order valence-electron chi connectivity index (χ4n) is 3.51. The van der Waals surface area contributed by atoms with E-state index in [1.54, 1.807) is 45.4 Å². The summed E-state index contributed by atoms with van der Waals surface area (Å²) in [7, 11) is 1.56. The summed E-state index contributed by atoms with van der Waals surface area (Å²) in [5.74, 6) is 0.369. The minimum Gasteiger partial charge on any atom is -0.458 e. The molecule has 9 heteroatoms. The van der Waals surface area contributed by atoms with Gasteiger partial charge in [-0.2, -0.15) is 0 Å². The molecular weight excluding hydrogens is 453 g/mol. The van der Waals surface area contributed by atoms with Crippen LogP contribution in [0.5, 0.6) is 11.5 Å². The van der Waals surface area contributed by atoms with Gasteiger partial charge in [-0.15, -0.1) is 0 Å². The van der Waals surface area contributed by atoms with Gasteiger partial charge in [0.15, 0.2) is 11.4 Å². The molecule has 0 amide bonds. The molecule has 32 heavy (non-hydrogen) atoms. The average Bonchev–Trinajstić information content (AvgIpc) is 3.09. The molecule has 0 aliphatic rings. The molecule has 7 nitrogen and oxygen atoms in total. The Morgan fingerprint density at radius 1 is 1.19 bits per heavy atom. The van der Waals surface area contributed by atoms with Crippen molar-refractivity contribution in [1.29, 1.82) is 0 Å². The third kappa shape index (κ3) is 4.19. The molecule has 2 aromatic carbocycles. The number of benzene rings is 2. The monoisotopic (exact) mass is 473 g/mol. The number of rotatable bonds is 6. The fraction of sp³-hybridized carbons (Fsp3) is 0.217. The standard InChI is InChI=1S/C23H21Cl2N3O4/c1-11(2)31-23(29)22-15(10-30-3)20-14-8-13(4-5-17(14)28-18(20)9-27-22)32-19-7-12(24)6-16(25)21(19)26/h4-9,11,28H,10,26H2,1-3H3. The molecule has 0 saturated heterocycles. The minimum atomic E-state index is -0.503. The molecule has 2 aromatic heterocycles. The Balaban J connectivity index is 1.86. The molecule has 0 bridgehead atoms. The molecule has 166 valence electrons. The molecule has 0 aliphatic heterocycles. The second kappa shape index (κ2) is 8.86. The number of fused-ring (bicyclic) bond motifs is 3. The second-order valence-electron chi connectivity index (χ2n) is 7.49. The minimum absolute atomic E-state index is 0.182. The Hall–Kier alpha value is -3.00. The van der Waals surface area contributed by atoms with Gasteiger partial charge in [-0.3, -0.25) is 0 Å². The number of H-pyrrole nitrogens is 1. The smallest absolute Gasteiger partial charge is 0.357 e. The van der Waals surface area contributed by atoms with Gasteiger partial charge in [-0.1, -0.05) is 23.2 Å². The first-order valence-corrected chi connectivity index (χ1v) is 10.6. The number of pyridine rings is 1. The van der Waals surface area contributed by atoms with E-state index in [1.165, 1.54) is 0 Å². The van der Waals surface area contributed by atoms with Crippen LogP contribution in [0.1, 0.15) is 29.9 Å². The highest BCUT2D eigenvalue weighted by molar-refractivity contribution is 6.36. The highest BCUT2D eigenvalue weighted by Gasteiger charge is 2.21. The number of esters is 1. The van der Waals surface area contributed by atoms with Crippen molar-refractivity contribution >= 4 is 56.7 Å². The number of aromatic nitrogens is 2. The van der Waals surface area contributed by atoms with Crippen LogP contribution in [0.4, 0.5) is 5.69 Å². The summed E-state index contributed by atoms with van der Waals surface area (Å²) >= 11 is 12.2. The van der Waals surface area contributed by atoms with Crippen molar-refractivity contribution in [2.24, 2.45) is 0 Å². The summed E-state index contributed by atoms with van der Waals surface area (Å²) in [6, 6.07) is 8.66. The number of hydrogen-bond acceptors (Lipinski definition) is 6. The highest BCUT2D eigenvalue weighted by Crippen LogP contribution is 2.38. The van der Waals surface area contributed by atoms with Gasteiger partial charge in [0.1, 0.15) is 5.75 Å². The third-order valence-electron chi connectivity index (χ3n) is 4.82. The Kier molecular flexibility index (Phi) is 6.15. The van der Waals surface area contributed by atoms with Crippen molar-refractivity contribution in [2.75, 3.05) is 12.8 Å². The number of aromatic amines is 1. The number of ether oxygens (including phenoxy) is 3. The number of nitrogens with one attached hydrogen (secondary N) is 1. The zero-order chi connectivity index (χ0) is 23.0. The molecular formula is C23H21Cl2N3O4. The highest BCUT2D eigenvalue weighted by atomic mass is 35.5. The van der Waals surface area contributed by atoms with Crippen molar-refractivity contribution in [1.82, 2.24) is 9.97 Å². The van der Waals surface area contributed by atoms with E-state index >= 15 is 0 Å². The average molecular weight is 474 g/mol. The Bertz CT molecular complexity index is 1330. The van der Waals surface area contributed by atoms with Crippen LogP contribution in [0.25, 0.3) is 21.8 Å². The Labute approximate surface area is 194 Å². The maximum absolute atomic E-state index is 12.6. The summed E-state index contributed by atoms with van der Waals surface area (Å²) in [6.45, 7) is 3.76. The number of nitrogen functional groups attached to an aromatic ring is 1. The number of nitrogens with zero attached hydrogens (tertiary/aromatic N) is 1. The second-order valence-corrected chi connectivity index (χ2v) is 8.34. The number of anilines is 1. The molecule has 0 aliphatic carbocycles. The van der Waals surface area contributed by atoms with Crippen LogP contribution < -0.4 is 10.5 Å². The van der Waals surface area contributed by atoms with E-state index in [4.69, 9.17) is 43.1 Å². The van der Waals surface area contributed by atoms with Gasteiger partial charge in [-0.25, -0.2) is 9.78 Å². The van der Waals surface area contributed by atoms with Crippen molar-refractivity contribution in [3.05, 3.63) is 57.8 Å². The first kappa shape index (κ1) is 22.2. The van der Waals surface area contributed by atoms with Crippen LogP contribution in [-0.2, 0) is 16.1 Å². The summed E-state index contributed by atoms with van der Waals surface area (Å²) in [6.07, 6.45) is 1.34. The molecule has 0 saturated carbocycles. The summed E-state index contributed by atoms with van der Waals surface area (Å²) in [5.41, 5.74) is 8.78. The molecule has 4 aromatic rings. The molecule has 0 radical (unpaired) electrons. The molecule has 0 atom stereocenters. The van der Waals surface area contributed by atoms with Crippen LogP contribution in [0.3, 0.4) is 0 Å². The van der Waals surface area contributed by atoms with E-state index in [-0.39, 0.29) is 24.1 Å². The SMILES string of the molecule is COCc1c(C(=O)OC(C)C)ncc2[nH]c3ccc(Oc4cc(Cl)cc(Cl)c4N)cc3c12. The van der Waals surface area contributed by atoms with Gasteiger partial charge >= 0.3 is 5.97 Å². The zero-order valence-corrected chi connectivity index (χ0v) is 19.2. The van der Waals surface area contributed by atoms with E-state index < -0.39 is 5.97 Å². The first-order chi connectivity index (χ1) is 15.3. The van der Waals surface area contributed by atoms with Crippen molar-refractivity contribution < 1.29 is 19.0 Å². The van der Waals surface area contributed by atoms with Gasteiger partial charge in [0.2, 0.25) is 0 Å². The van der Waals surface area contributed by atoms with Gasteiger partial charge in [0, 0.05) is 40.1 Å². The lowest BCUT2D eigenvalue weighted by Crippen LogP contribution is -2.15. The van der Waals surface area contributed by atoms with Gasteiger partial charge < -0.3 is 24.9 Å². The van der Waals surface area contributed by atoms with E-state index in [1.807, 2.05) is 12.1 Å². The van der Waals surface area contributed by atoms with Crippen molar-refractivity contribution in [3.8, 4) is 11.5 Å². The maximum atomic E-state index is 12.6. The summed E-state index contributed by atoms with van der Waals surface area (Å²) < 4.78 is 16.7. The van der Waals surface area contributed by atoms with Crippen molar-refractivity contribution in [2.45, 2.75) is 26.6 Å². The van der Waals surface area contributed by atoms with E-state index in [0.717, 1.165) is 21.8 Å². The van der Waals surface area contributed by atoms with Gasteiger partial charge in [0.05, 0.1) is 35.1 Å². The molecule has 3 N–H and O–H groups in total. The lowest BCUT2D eigenvalue weighted by atomic mass is 10.1. The number of carbonyl (C=O) groups excluding carboxylic acids is 1.